The summed E-state index contributed by atoms with van der Waals surface area (Å²) >= 11 is 0. The molecule has 0 spiro atoms. The van der Waals surface area contributed by atoms with Gasteiger partial charge in [-0.2, -0.15) is 5.26 Å². The van der Waals surface area contributed by atoms with E-state index >= 15 is 0 Å². The molecule has 0 radical (unpaired) electrons. The Morgan fingerprint density at radius 1 is 0.852 bits per heavy atom. The molecule has 0 N–H and O–H groups in total. The van der Waals surface area contributed by atoms with Crippen molar-refractivity contribution in [3.8, 4) is 11.9 Å². The van der Waals surface area contributed by atoms with Gasteiger partial charge in [0.15, 0.2) is 0 Å². The number of aromatic nitrogens is 1. The predicted octanol–water partition coefficient (Wildman–Crippen LogP) is 7.59. The van der Waals surface area contributed by atoms with Crippen LogP contribution in [-0.2, 0) is 0 Å². The van der Waals surface area contributed by atoms with Gasteiger partial charge in [-0.05, 0) is 25.8 Å². The van der Waals surface area contributed by atoms with Crippen LogP contribution in [0.1, 0.15) is 116 Å². The zero-order chi connectivity index (χ0) is 19.6. The highest BCUT2D eigenvalue weighted by atomic mass is 16.5. The molecule has 1 atom stereocenters. The van der Waals surface area contributed by atoms with Crippen molar-refractivity contribution < 1.29 is 4.74 Å². The standard InChI is InChI=1S/C24H40N2O/c1-3-4-5-6-7-8-9-10-11-12-13-14-15-16-17-22(2)27-24-19-18-23(20-25)21-26-24/h18-19,21-22H,3-17H2,1-2H3. The normalized spacial score (nSPS) is 11.9. The molecule has 3 heteroatoms. The van der Waals surface area contributed by atoms with Gasteiger partial charge in [0.1, 0.15) is 6.07 Å². The first-order chi connectivity index (χ1) is 13.3. The van der Waals surface area contributed by atoms with Gasteiger partial charge in [0, 0.05) is 12.3 Å². The molecule has 0 saturated carbocycles. The van der Waals surface area contributed by atoms with Crippen molar-refractivity contribution in [3.05, 3.63) is 23.9 Å². The van der Waals surface area contributed by atoms with E-state index in [4.69, 9.17) is 10.00 Å². The Labute approximate surface area is 167 Å². The van der Waals surface area contributed by atoms with Crippen LogP contribution in [0.15, 0.2) is 18.3 Å². The fourth-order valence-electron chi connectivity index (χ4n) is 3.41. The van der Waals surface area contributed by atoms with E-state index < -0.39 is 0 Å². The zero-order valence-electron chi connectivity index (χ0n) is 17.7. The molecular weight excluding hydrogens is 332 g/mol. The predicted molar refractivity (Wildman–Crippen MR) is 114 cm³/mol. The number of pyridine rings is 1. The first-order valence-corrected chi connectivity index (χ1v) is 11.3. The number of hydrogen-bond donors (Lipinski definition) is 0. The van der Waals surface area contributed by atoms with Gasteiger partial charge < -0.3 is 4.74 Å². The highest BCUT2D eigenvalue weighted by Gasteiger charge is 2.05. The minimum Gasteiger partial charge on any atom is -0.475 e. The Kier molecular flexibility index (Phi) is 14.4. The molecule has 3 nitrogen and oxygen atoms in total. The average Bonchev–Trinajstić information content (AvgIpc) is 2.69. The number of hydrogen-bond acceptors (Lipinski definition) is 3. The highest BCUT2D eigenvalue weighted by molar-refractivity contribution is 5.28. The third-order valence-corrected chi connectivity index (χ3v) is 5.15. The summed E-state index contributed by atoms with van der Waals surface area (Å²) in [5.41, 5.74) is 0.571. The smallest absolute Gasteiger partial charge is 0.213 e. The first-order valence-electron chi connectivity index (χ1n) is 11.3. The van der Waals surface area contributed by atoms with Gasteiger partial charge >= 0.3 is 0 Å². The molecule has 0 amide bonds. The minimum absolute atomic E-state index is 0.183. The van der Waals surface area contributed by atoms with E-state index in [1.165, 1.54) is 89.9 Å². The van der Waals surface area contributed by atoms with Crippen molar-refractivity contribution in [1.82, 2.24) is 4.98 Å². The Balaban J connectivity index is 1.86. The number of nitrogens with zero attached hydrogens (tertiary/aromatic N) is 2. The van der Waals surface area contributed by atoms with Crippen LogP contribution in [-0.4, -0.2) is 11.1 Å². The number of nitriles is 1. The molecule has 0 bridgehead atoms. The fourth-order valence-corrected chi connectivity index (χ4v) is 3.41. The lowest BCUT2D eigenvalue weighted by atomic mass is 10.0. The van der Waals surface area contributed by atoms with E-state index in [1.54, 1.807) is 18.3 Å². The summed E-state index contributed by atoms with van der Waals surface area (Å²) in [4.78, 5) is 4.16. The molecule has 0 aliphatic carbocycles. The number of unbranched alkanes of at least 4 members (excludes halogenated alkanes) is 13. The van der Waals surface area contributed by atoms with Crippen LogP contribution >= 0.6 is 0 Å². The van der Waals surface area contributed by atoms with Gasteiger partial charge in [-0.1, -0.05) is 90.4 Å². The summed E-state index contributed by atoms with van der Waals surface area (Å²) in [6.07, 6.45) is 22.3. The third-order valence-electron chi connectivity index (χ3n) is 5.15. The number of ether oxygens (including phenoxy) is 1. The van der Waals surface area contributed by atoms with Gasteiger partial charge in [0.25, 0.3) is 0 Å². The monoisotopic (exact) mass is 372 g/mol. The van der Waals surface area contributed by atoms with Gasteiger partial charge in [-0.15, -0.1) is 0 Å². The van der Waals surface area contributed by atoms with Gasteiger partial charge in [0.2, 0.25) is 5.88 Å². The molecule has 1 rings (SSSR count). The molecular formula is C24H40N2O. The molecule has 0 aliphatic heterocycles. The van der Waals surface area contributed by atoms with Crippen molar-refractivity contribution in [2.45, 2.75) is 116 Å². The topological polar surface area (TPSA) is 45.9 Å². The van der Waals surface area contributed by atoms with Crippen LogP contribution in [0.5, 0.6) is 5.88 Å². The van der Waals surface area contributed by atoms with Crippen molar-refractivity contribution in [2.75, 3.05) is 0 Å². The van der Waals surface area contributed by atoms with Crippen molar-refractivity contribution in [3.63, 3.8) is 0 Å². The quantitative estimate of drug-likeness (QED) is 0.265. The Morgan fingerprint density at radius 3 is 1.81 bits per heavy atom. The minimum atomic E-state index is 0.183. The van der Waals surface area contributed by atoms with Crippen LogP contribution in [0.3, 0.4) is 0 Å². The van der Waals surface area contributed by atoms with Crippen LogP contribution < -0.4 is 4.74 Å². The van der Waals surface area contributed by atoms with E-state index in [0.29, 0.717) is 11.4 Å². The molecule has 1 aromatic heterocycles. The lowest BCUT2D eigenvalue weighted by Crippen LogP contribution is -2.12. The van der Waals surface area contributed by atoms with Crippen molar-refractivity contribution in [1.29, 1.82) is 5.26 Å². The Hall–Kier alpha value is -1.56. The molecule has 27 heavy (non-hydrogen) atoms. The van der Waals surface area contributed by atoms with Gasteiger partial charge in [-0.25, -0.2) is 4.98 Å². The average molecular weight is 373 g/mol. The molecule has 1 heterocycles. The fraction of sp³-hybridized carbons (Fsp3) is 0.750. The zero-order valence-corrected chi connectivity index (χ0v) is 17.7. The summed E-state index contributed by atoms with van der Waals surface area (Å²) in [5, 5.41) is 8.77. The summed E-state index contributed by atoms with van der Waals surface area (Å²) in [7, 11) is 0. The first kappa shape index (κ1) is 23.5. The molecule has 152 valence electrons. The maximum absolute atomic E-state index is 8.77. The summed E-state index contributed by atoms with van der Waals surface area (Å²) in [6.45, 7) is 4.38. The Bertz CT molecular complexity index is 492. The highest BCUT2D eigenvalue weighted by Crippen LogP contribution is 2.15. The largest absolute Gasteiger partial charge is 0.475 e. The molecule has 1 aromatic rings. The van der Waals surface area contributed by atoms with Crippen LogP contribution in [0.4, 0.5) is 0 Å². The molecule has 0 aromatic carbocycles. The second-order valence-electron chi connectivity index (χ2n) is 7.81. The maximum atomic E-state index is 8.77. The summed E-state index contributed by atoms with van der Waals surface area (Å²) in [6, 6.07) is 5.60. The van der Waals surface area contributed by atoms with Crippen LogP contribution in [0.2, 0.25) is 0 Å². The van der Waals surface area contributed by atoms with Crippen molar-refractivity contribution in [2.24, 2.45) is 0 Å². The second kappa shape index (κ2) is 16.6. The van der Waals surface area contributed by atoms with E-state index in [0.717, 1.165) is 6.42 Å². The van der Waals surface area contributed by atoms with E-state index in [2.05, 4.69) is 24.9 Å². The molecule has 0 saturated heterocycles. The van der Waals surface area contributed by atoms with Crippen LogP contribution in [0, 0.1) is 11.3 Å². The van der Waals surface area contributed by atoms with Gasteiger partial charge in [-0.3, -0.25) is 0 Å². The number of rotatable bonds is 17. The Morgan fingerprint density at radius 2 is 1.37 bits per heavy atom. The maximum Gasteiger partial charge on any atom is 0.213 e. The second-order valence-corrected chi connectivity index (χ2v) is 7.81. The van der Waals surface area contributed by atoms with Gasteiger partial charge in [0.05, 0.1) is 11.7 Å². The third kappa shape index (κ3) is 13.3. The lowest BCUT2D eigenvalue weighted by molar-refractivity contribution is 0.198. The molecule has 0 aliphatic rings. The summed E-state index contributed by atoms with van der Waals surface area (Å²) < 4.78 is 5.81. The molecule has 1 unspecified atom stereocenters. The van der Waals surface area contributed by atoms with Crippen LogP contribution in [0.25, 0.3) is 0 Å². The van der Waals surface area contributed by atoms with Crippen molar-refractivity contribution >= 4 is 0 Å². The molecule has 0 fully saturated rings. The van der Waals surface area contributed by atoms with E-state index in [1.807, 2.05) is 0 Å². The summed E-state index contributed by atoms with van der Waals surface area (Å²) in [5.74, 6) is 0.617. The lowest BCUT2D eigenvalue weighted by Gasteiger charge is -2.13. The van der Waals surface area contributed by atoms with E-state index in [9.17, 15) is 0 Å². The SMILES string of the molecule is CCCCCCCCCCCCCCCCC(C)Oc1ccc(C#N)cn1. The van der Waals surface area contributed by atoms with E-state index in [-0.39, 0.29) is 6.10 Å².